The van der Waals surface area contributed by atoms with Crippen LogP contribution in [0.15, 0.2) is 55.3 Å². The summed E-state index contributed by atoms with van der Waals surface area (Å²) < 4.78 is 69.3. The molecule has 284 valence electrons. The number of methoxy groups -OCH3 is 1. The summed E-state index contributed by atoms with van der Waals surface area (Å²) in [5, 5.41) is 3.73. The van der Waals surface area contributed by atoms with Crippen LogP contribution in [0.25, 0.3) is 10.8 Å². The van der Waals surface area contributed by atoms with Crippen LogP contribution >= 0.6 is 11.6 Å². The second-order valence-electron chi connectivity index (χ2n) is 14.9. The summed E-state index contributed by atoms with van der Waals surface area (Å²) in [5.41, 5.74) is -3.36. The number of pyridine rings is 1. The van der Waals surface area contributed by atoms with E-state index in [9.17, 15) is 31.6 Å². The lowest BCUT2D eigenvalue weighted by Crippen LogP contribution is -2.64. The molecule has 3 fully saturated rings. The van der Waals surface area contributed by atoms with E-state index in [1.807, 2.05) is 0 Å². The van der Waals surface area contributed by atoms with Crippen molar-refractivity contribution in [2.24, 2.45) is 11.3 Å². The van der Waals surface area contributed by atoms with E-state index in [1.54, 1.807) is 45.9 Å². The van der Waals surface area contributed by atoms with Gasteiger partial charge >= 0.3 is 6.03 Å². The Balaban J connectivity index is 1.37. The number of hydrogen-bond acceptors (Lipinski definition) is 9. The molecule has 2 N–H and O–H groups in total. The molecular formula is C37H42ClF2N5O7S. The Morgan fingerprint density at radius 1 is 1.17 bits per heavy atom. The molecule has 2 aromatic carbocycles. The van der Waals surface area contributed by atoms with Gasteiger partial charge in [-0.3, -0.25) is 14.3 Å². The van der Waals surface area contributed by atoms with Gasteiger partial charge in [-0.15, -0.1) is 6.58 Å². The Hall–Kier alpha value is -4.50. The van der Waals surface area contributed by atoms with E-state index in [0.29, 0.717) is 40.8 Å². The van der Waals surface area contributed by atoms with Crippen LogP contribution in [0.2, 0.25) is 5.02 Å². The maximum absolute atomic E-state index is 15.0. The van der Waals surface area contributed by atoms with Crippen LogP contribution in [-0.4, -0.2) is 83.7 Å². The summed E-state index contributed by atoms with van der Waals surface area (Å²) in [5.74, 6) is -4.44. The summed E-state index contributed by atoms with van der Waals surface area (Å²) in [7, 11) is -2.59. The number of ether oxygens (including phenoxy) is 2. The van der Waals surface area contributed by atoms with E-state index in [-0.39, 0.29) is 24.5 Å². The number of nitrogens with zero attached hydrogens (tertiary/aromatic N) is 3. The fourth-order valence-corrected chi connectivity index (χ4v) is 8.44. The van der Waals surface area contributed by atoms with Crippen molar-refractivity contribution in [1.82, 2.24) is 19.5 Å². The van der Waals surface area contributed by atoms with Gasteiger partial charge in [-0.2, -0.15) is 0 Å². The van der Waals surface area contributed by atoms with E-state index in [4.69, 9.17) is 21.1 Å². The maximum atomic E-state index is 15.0. The minimum absolute atomic E-state index is 0.0392. The van der Waals surface area contributed by atoms with E-state index < -0.39 is 79.8 Å². The Morgan fingerprint density at radius 2 is 1.89 bits per heavy atom. The lowest BCUT2D eigenvalue weighted by molar-refractivity contribution is -0.141. The molecule has 3 aliphatic rings. The zero-order chi connectivity index (χ0) is 38.6. The zero-order valence-electron chi connectivity index (χ0n) is 30.0. The molecule has 0 radical (unpaired) electrons. The minimum atomic E-state index is -4.10. The van der Waals surface area contributed by atoms with Crippen molar-refractivity contribution < 1.29 is 41.1 Å². The lowest BCUT2D eigenvalue weighted by atomic mass is 9.85. The number of imide groups is 1. The highest BCUT2D eigenvalue weighted by Crippen LogP contribution is 2.52. The second-order valence-corrected chi connectivity index (χ2v) is 17.3. The average Bonchev–Trinajstić information content (AvgIpc) is 4.02. The summed E-state index contributed by atoms with van der Waals surface area (Å²) in [6.07, 6.45) is 3.22. The third kappa shape index (κ3) is 7.25. The van der Waals surface area contributed by atoms with Crippen LogP contribution in [0.1, 0.15) is 53.4 Å². The zero-order valence-corrected chi connectivity index (χ0v) is 31.6. The number of carbonyl (C=O) groups excluding carboxylic acids is 3. The summed E-state index contributed by atoms with van der Waals surface area (Å²) in [4.78, 5) is 50.6. The predicted molar refractivity (Wildman–Crippen MR) is 195 cm³/mol. The highest BCUT2D eigenvalue weighted by Gasteiger charge is 2.68. The number of halogens is 3. The molecule has 2 aliphatic carbocycles. The van der Waals surface area contributed by atoms with E-state index >= 15 is 0 Å². The van der Waals surface area contributed by atoms with Crippen LogP contribution in [0.5, 0.6) is 11.6 Å². The van der Waals surface area contributed by atoms with Gasteiger partial charge < -0.3 is 19.7 Å². The number of sulfonamides is 1. The van der Waals surface area contributed by atoms with Gasteiger partial charge in [-0.05, 0) is 61.9 Å². The van der Waals surface area contributed by atoms with Crippen molar-refractivity contribution in [3.8, 4) is 11.6 Å². The van der Waals surface area contributed by atoms with E-state index in [2.05, 4.69) is 21.6 Å². The molecule has 1 aliphatic heterocycles. The van der Waals surface area contributed by atoms with Crippen molar-refractivity contribution in [2.45, 2.75) is 82.4 Å². The first-order valence-electron chi connectivity index (χ1n) is 17.3. The molecule has 5 atom stereocenters. The number of fused-ring (bicyclic) bond motifs is 1. The van der Waals surface area contributed by atoms with Crippen molar-refractivity contribution in [3.63, 3.8) is 0 Å². The molecular weight excluding hydrogens is 732 g/mol. The number of urea groups is 1. The SMILES string of the molecule is C=C[C@@H]1C[C@@]1(C(=O)NS(=O)(=O)C1CC1)N(C(=O)[C@@H](Nc1cccc(F)c1F)C(C)(C)C)C(=O)N1C[C@H](Oc2ncc(OC)c3ccc(Cl)cc23)CC1C. The number of nitrogens with one attached hydrogen (secondary N) is 2. The summed E-state index contributed by atoms with van der Waals surface area (Å²) in [6, 6.07) is 5.79. The minimum Gasteiger partial charge on any atom is -0.494 e. The number of rotatable bonds is 11. The summed E-state index contributed by atoms with van der Waals surface area (Å²) >= 11 is 6.30. The van der Waals surface area contributed by atoms with Gasteiger partial charge in [0.1, 0.15) is 23.4 Å². The molecule has 1 saturated heterocycles. The highest BCUT2D eigenvalue weighted by molar-refractivity contribution is 7.91. The van der Waals surface area contributed by atoms with Crippen molar-refractivity contribution >= 4 is 55.9 Å². The molecule has 0 spiro atoms. The van der Waals surface area contributed by atoms with E-state index in [0.717, 1.165) is 11.0 Å². The number of likely N-dealkylation sites (tertiary alicyclic amines) is 1. The molecule has 16 heteroatoms. The van der Waals surface area contributed by atoms with Gasteiger partial charge in [-0.25, -0.2) is 31.9 Å². The predicted octanol–water partition coefficient (Wildman–Crippen LogP) is 6.05. The Bertz CT molecular complexity index is 2090. The first kappa shape index (κ1) is 38.2. The number of anilines is 1. The lowest BCUT2D eigenvalue weighted by Gasteiger charge is -2.40. The third-order valence-electron chi connectivity index (χ3n) is 10.1. The number of carbonyl (C=O) groups is 3. The molecule has 1 aromatic heterocycles. The molecule has 4 amide bonds. The number of aromatic nitrogens is 1. The van der Waals surface area contributed by atoms with Gasteiger partial charge in [0.15, 0.2) is 11.6 Å². The van der Waals surface area contributed by atoms with Crippen molar-refractivity contribution in [2.75, 3.05) is 19.0 Å². The topological polar surface area (TPSA) is 147 Å². The first-order chi connectivity index (χ1) is 24.9. The molecule has 53 heavy (non-hydrogen) atoms. The third-order valence-corrected chi connectivity index (χ3v) is 12.1. The fraction of sp³-hybridized carbons (Fsp3) is 0.459. The maximum Gasteiger partial charge on any atom is 0.328 e. The van der Waals surface area contributed by atoms with Crippen LogP contribution < -0.4 is 19.5 Å². The van der Waals surface area contributed by atoms with Gasteiger partial charge in [0.25, 0.3) is 11.8 Å². The Labute approximate surface area is 311 Å². The number of benzene rings is 2. The largest absolute Gasteiger partial charge is 0.494 e. The first-order valence-corrected chi connectivity index (χ1v) is 19.2. The molecule has 6 rings (SSSR count). The van der Waals surface area contributed by atoms with Crippen LogP contribution in [0.4, 0.5) is 19.3 Å². The average molecular weight is 774 g/mol. The van der Waals surface area contributed by atoms with Crippen LogP contribution in [-0.2, 0) is 19.6 Å². The standard InChI is InChI=1S/C37H42ClF2N5O7S/c1-7-21-17-37(21,34(47)43-53(49,50)24-12-13-24)45(33(46)31(36(3,4)5)42-28-10-8-9-27(39)30(28)40)35(48)44-19-23(15-20(44)2)52-32-26-16-22(38)11-14-25(26)29(51-6)18-41-32/h7-11,14,16,18,20-21,23-24,31,42H,1,12-13,15,17,19H2,2-6H3,(H,43,47)/t20?,21-,23-,31-,37-/m1/s1. The fourth-order valence-electron chi connectivity index (χ4n) is 6.90. The molecule has 1 unspecified atom stereocenters. The smallest absolute Gasteiger partial charge is 0.328 e. The Kier molecular flexibility index (Phi) is 10.1. The van der Waals surface area contributed by atoms with Crippen molar-refractivity contribution in [3.05, 3.63) is 71.9 Å². The van der Waals surface area contributed by atoms with Gasteiger partial charge in [0.05, 0.1) is 30.8 Å². The molecule has 12 nitrogen and oxygen atoms in total. The second kappa shape index (κ2) is 14.0. The number of hydrogen-bond donors (Lipinski definition) is 2. The normalized spacial score (nSPS) is 23.2. The number of amides is 4. The molecule has 3 aromatic rings. The van der Waals surface area contributed by atoms with Crippen molar-refractivity contribution in [1.29, 1.82) is 0 Å². The monoisotopic (exact) mass is 773 g/mol. The molecule has 2 heterocycles. The van der Waals surface area contributed by atoms with Crippen LogP contribution in [0.3, 0.4) is 0 Å². The summed E-state index contributed by atoms with van der Waals surface area (Å²) in [6.45, 7) is 10.5. The Morgan fingerprint density at radius 3 is 2.51 bits per heavy atom. The quantitative estimate of drug-likeness (QED) is 0.223. The van der Waals surface area contributed by atoms with Gasteiger partial charge in [-0.1, -0.05) is 44.5 Å². The molecule has 0 bridgehead atoms. The molecule has 2 saturated carbocycles. The van der Waals surface area contributed by atoms with Crippen LogP contribution in [0, 0.1) is 23.0 Å². The van der Waals surface area contributed by atoms with Gasteiger partial charge in [0.2, 0.25) is 15.9 Å². The van der Waals surface area contributed by atoms with Gasteiger partial charge in [0, 0.05) is 34.2 Å². The highest BCUT2D eigenvalue weighted by atomic mass is 35.5. The van der Waals surface area contributed by atoms with E-state index in [1.165, 1.54) is 36.4 Å².